The van der Waals surface area contributed by atoms with Crippen molar-refractivity contribution in [3.05, 3.63) is 0 Å². The highest BCUT2D eigenvalue weighted by Crippen LogP contribution is 2.20. The first-order chi connectivity index (χ1) is 34.5. The minimum atomic E-state index is -1.77. The Morgan fingerprint density at radius 1 is 0.414 bits per heavy atom. The normalized spacial score (nSPS) is 19.1. The summed E-state index contributed by atoms with van der Waals surface area (Å²) in [6.07, 6.45) is 47.9. The van der Waals surface area contributed by atoms with Crippen LogP contribution in [0, 0.1) is 0 Å². The largest absolute Gasteiger partial charge is 0.380 e. The van der Waals surface area contributed by atoms with Crippen molar-refractivity contribution in [1.29, 1.82) is 0 Å². The van der Waals surface area contributed by atoms with Crippen LogP contribution >= 0.6 is 0 Å². The molecule has 0 aromatic carbocycles. The van der Waals surface area contributed by atoms with E-state index in [9.17, 15) is 9.59 Å². The molecular formula is C59H117N3O8. The molecule has 0 spiro atoms. The summed E-state index contributed by atoms with van der Waals surface area (Å²) >= 11 is 0. The molecule has 1 amide bonds. The Hall–Kier alpha value is -1.18. The fourth-order valence-electron chi connectivity index (χ4n) is 9.74. The highest BCUT2D eigenvalue weighted by molar-refractivity contribution is 6.09. The third-order valence-corrected chi connectivity index (χ3v) is 14.4. The van der Waals surface area contributed by atoms with Gasteiger partial charge in [-0.25, -0.2) is 0 Å². The van der Waals surface area contributed by atoms with E-state index in [-0.39, 0.29) is 19.8 Å². The van der Waals surface area contributed by atoms with Gasteiger partial charge in [-0.1, -0.05) is 226 Å². The Morgan fingerprint density at radius 3 is 1.11 bits per heavy atom. The van der Waals surface area contributed by atoms with Crippen molar-refractivity contribution in [2.24, 2.45) is 5.73 Å². The zero-order valence-corrected chi connectivity index (χ0v) is 46.7. The van der Waals surface area contributed by atoms with Gasteiger partial charge in [-0.15, -0.1) is 0 Å². The number of carbonyl (C=O) groups is 2. The molecule has 1 unspecified atom stereocenters. The second kappa shape index (κ2) is 52.7. The molecule has 2 N–H and O–H groups in total. The number of nitrogens with zero attached hydrogens (tertiary/aromatic N) is 2. The molecule has 1 saturated heterocycles. The van der Waals surface area contributed by atoms with Gasteiger partial charge in [0.05, 0.1) is 46.2 Å². The van der Waals surface area contributed by atoms with E-state index < -0.39 is 17.3 Å². The third-order valence-electron chi connectivity index (χ3n) is 14.4. The Labute approximate surface area is 433 Å². The molecule has 0 aromatic rings. The molecule has 1 fully saturated rings. The van der Waals surface area contributed by atoms with Crippen molar-refractivity contribution < 1.29 is 38.0 Å². The van der Waals surface area contributed by atoms with E-state index in [0.717, 1.165) is 84.3 Å². The van der Waals surface area contributed by atoms with Crippen molar-refractivity contribution >= 4 is 11.7 Å². The first-order valence-electron chi connectivity index (χ1n) is 30.2. The molecule has 416 valence electrons. The molecule has 0 saturated carbocycles. The van der Waals surface area contributed by atoms with Crippen LogP contribution in [0.5, 0.6) is 0 Å². The van der Waals surface area contributed by atoms with E-state index in [0.29, 0.717) is 46.2 Å². The number of Topliss-reactive ketones (excluding diaryl/α,β-unsaturated/α-hetero) is 1. The van der Waals surface area contributed by atoms with E-state index in [1.54, 1.807) is 0 Å². The smallest absolute Gasteiger partial charge is 0.258 e. The summed E-state index contributed by atoms with van der Waals surface area (Å²) in [6, 6.07) is 0. The fourth-order valence-corrected chi connectivity index (χ4v) is 9.74. The number of ketones is 1. The summed E-state index contributed by atoms with van der Waals surface area (Å²) in [4.78, 5) is 31.5. The predicted molar refractivity (Wildman–Crippen MR) is 293 cm³/mol. The van der Waals surface area contributed by atoms with E-state index >= 15 is 0 Å². The number of ether oxygens (including phenoxy) is 6. The predicted octanol–water partition coefficient (Wildman–Crippen LogP) is 13.6. The first-order valence-corrected chi connectivity index (χ1v) is 30.2. The van der Waals surface area contributed by atoms with Crippen molar-refractivity contribution in [3.63, 3.8) is 0 Å². The highest BCUT2D eigenvalue weighted by Gasteiger charge is 2.46. The highest BCUT2D eigenvalue weighted by atomic mass is 16.5. The van der Waals surface area contributed by atoms with E-state index in [2.05, 4.69) is 23.6 Å². The summed E-state index contributed by atoms with van der Waals surface area (Å²) < 4.78 is 35.5. The maximum atomic E-state index is 13.6. The SMILES string of the molecule is CCCCCCCCCCCCCCCCCCN1CCOCCCCCCCOC(C(N)=O)(C(=O)COC)CN(CCCCCCCCCCCCCCCCCC)CCOCCOCCOCC1. The lowest BCUT2D eigenvalue weighted by atomic mass is 9.95. The van der Waals surface area contributed by atoms with Gasteiger partial charge >= 0.3 is 0 Å². The summed E-state index contributed by atoms with van der Waals surface area (Å²) in [6.45, 7) is 13.6. The van der Waals surface area contributed by atoms with Crippen molar-refractivity contribution in [1.82, 2.24) is 9.80 Å². The lowest BCUT2D eigenvalue weighted by Gasteiger charge is -2.35. The minimum Gasteiger partial charge on any atom is -0.380 e. The van der Waals surface area contributed by atoms with Gasteiger partial charge in [0, 0.05) is 46.5 Å². The minimum absolute atomic E-state index is 0.0920. The molecule has 1 rings (SSSR count). The molecule has 0 radical (unpaired) electrons. The van der Waals surface area contributed by atoms with Crippen molar-refractivity contribution in [3.8, 4) is 0 Å². The molecule has 70 heavy (non-hydrogen) atoms. The Morgan fingerprint density at radius 2 is 0.729 bits per heavy atom. The number of methoxy groups -OCH3 is 1. The molecular weight excluding hydrogens is 879 g/mol. The van der Waals surface area contributed by atoms with Crippen LogP contribution in [0.2, 0.25) is 0 Å². The molecule has 1 aliphatic rings. The van der Waals surface area contributed by atoms with Crippen LogP contribution in [-0.2, 0) is 38.0 Å². The van der Waals surface area contributed by atoms with Crippen molar-refractivity contribution in [2.45, 2.75) is 257 Å². The van der Waals surface area contributed by atoms with Crippen LogP contribution in [0.25, 0.3) is 0 Å². The molecule has 0 aromatic heterocycles. The molecule has 0 aliphatic carbocycles. The number of unbranched alkanes of at least 4 members (excludes halogenated alkanes) is 30. The number of primary amides is 1. The van der Waals surface area contributed by atoms with Crippen LogP contribution in [0.1, 0.15) is 251 Å². The van der Waals surface area contributed by atoms with Gasteiger partial charge < -0.3 is 34.2 Å². The topological polar surface area (TPSA) is 122 Å². The molecule has 11 heteroatoms. The number of hydrogen-bond acceptors (Lipinski definition) is 10. The summed E-state index contributed by atoms with van der Waals surface area (Å²) in [5.41, 5.74) is 4.28. The number of carbonyl (C=O) groups excluding carboxylic acids is 2. The van der Waals surface area contributed by atoms with Gasteiger partial charge in [-0.2, -0.15) is 0 Å². The monoisotopic (exact) mass is 996 g/mol. The standard InChI is InChI=1S/C59H117N3O8/c1-4-6-8-10-12-14-16-18-20-22-24-26-28-30-33-37-41-61-43-48-66-46-39-35-32-36-40-47-70-59(58(60)64,57(63)55-65-3)56-62(45-50-68-52-54-69-53-51-67-49-44-61)42-38-34-31-29-27-25-23-21-19-17-15-13-11-9-7-5-2/h4-56H2,1-3H3,(H2,60,64). The van der Waals surface area contributed by atoms with Gasteiger partial charge in [0.15, 0.2) is 0 Å². The molecule has 11 nitrogen and oxygen atoms in total. The summed E-state index contributed by atoms with van der Waals surface area (Å²) in [7, 11) is 1.47. The number of rotatable bonds is 38. The quantitative estimate of drug-likeness (QED) is 0.0473. The lowest BCUT2D eigenvalue weighted by Crippen LogP contribution is -2.61. The van der Waals surface area contributed by atoms with Crippen LogP contribution < -0.4 is 5.73 Å². The second-order valence-corrected chi connectivity index (χ2v) is 20.8. The third kappa shape index (κ3) is 41.2. The van der Waals surface area contributed by atoms with E-state index in [4.69, 9.17) is 34.2 Å². The van der Waals surface area contributed by atoms with Gasteiger partial charge in [-0.3, -0.25) is 19.4 Å². The average Bonchev–Trinajstić information content (AvgIpc) is 3.35. The molecule has 1 heterocycles. The molecule has 1 atom stereocenters. The molecule has 0 bridgehead atoms. The number of amides is 1. The van der Waals surface area contributed by atoms with Crippen LogP contribution in [-0.4, -0.2) is 140 Å². The maximum absolute atomic E-state index is 13.6. The van der Waals surface area contributed by atoms with Gasteiger partial charge in [-0.05, 0) is 38.8 Å². The first kappa shape index (κ1) is 66.8. The second-order valence-electron chi connectivity index (χ2n) is 20.8. The molecule has 1 aliphatic heterocycles. The lowest BCUT2D eigenvalue weighted by molar-refractivity contribution is -0.163. The Kier molecular flexibility index (Phi) is 50.3. The van der Waals surface area contributed by atoms with Crippen LogP contribution in [0.15, 0.2) is 0 Å². The van der Waals surface area contributed by atoms with Crippen LogP contribution in [0.3, 0.4) is 0 Å². The number of hydrogen-bond donors (Lipinski definition) is 1. The zero-order chi connectivity index (χ0) is 50.5. The van der Waals surface area contributed by atoms with Gasteiger partial charge in [0.1, 0.15) is 6.61 Å². The fraction of sp³-hybridized carbons (Fsp3) is 0.966. The number of nitrogens with two attached hydrogens (primary N) is 1. The summed E-state index contributed by atoms with van der Waals surface area (Å²) in [5.74, 6) is -1.18. The summed E-state index contributed by atoms with van der Waals surface area (Å²) in [5, 5.41) is 0. The average molecular weight is 997 g/mol. The maximum Gasteiger partial charge on any atom is 0.258 e. The Balaban J connectivity index is 2.54. The van der Waals surface area contributed by atoms with Crippen molar-refractivity contribution in [2.75, 3.05) is 112 Å². The Bertz CT molecular complexity index is 1100. The van der Waals surface area contributed by atoms with E-state index in [1.165, 1.54) is 200 Å². The van der Waals surface area contributed by atoms with Gasteiger partial charge in [0.2, 0.25) is 11.4 Å². The zero-order valence-electron chi connectivity index (χ0n) is 46.7. The van der Waals surface area contributed by atoms with E-state index in [1.807, 2.05) is 0 Å². The van der Waals surface area contributed by atoms with Crippen LogP contribution in [0.4, 0.5) is 0 Å². The van der Waals surface area contributed by atoms with Gasteiger partial charge in [0.25, 0.3) is 5.91 Å².